The molecule has 0 fully saturated rings. The predicted molar refractivity (Wildman–Crippen MR) is 109 cm³/mol. The first-order valence-electron chi connectivity index (χ1n) is 9.10. The Morgan fingerprint density at radius 3 is 2.70 bits per heavy atom. The topological polar surface area (TPSA) is 54.9 Å². The summed E-state index contributed by atoms with van der Waals surface area (Å²) in [5.74, 6) is 0.845. The molecule has 0 saturated heterocycles. The van der Waals surface area contributed by atoms with E-state index >= 15 is 0 Å². The van der Waals surface area contributed by atoms with Gasteiger partial charge in [-0.3, -0.25) is 4.79 Å². The molecule has 1 heterocycles. The Bertz CT molecular complexity index is 835. The van der Waals surface area contributed by atoms with Gasteiger partial charge in [-0.1, -0.05) is 48.5 Å². The van der Waals surface area contributed by atoms with Gasteiger partial charge < -0.3 is 15.4 Å². The molecule has 1 aromatic heterocycles. The highest BCUT2D eigenvalue weighted by Crippen LogP contribution is 2.22. The van der Waals surface area contributed by atoms with Crippen LogP contribution in [-0.4, -0.2) is 25.6 Å². The van der Waals surface area contributed by atoms with Crippen LogP contribution in [0.2, 0.25) is 0 Å². The molecule has 1 amide bonds. The van der Waals surface area contributed by atoms with Crippen LogP contribution < -0.4 is 15.4 Å². The third-order valence-corrected chi connectivity index (χ3v) is 5.19. The van der Waals surface area contributed by atoms with Crippen LogP contribution in [0.5, 0.6) is 5.75 Å². The summed E-state index contributed by atoms with van der Waals surface area (Å²) in [7, 11) is 0. The van der Waals surface area contributed by atoms with Gasteiger partial charge in [-0.2, -0.15) is 0 Å². The van der Waals surface area contributed by atoms with Crippen LogP contribution in [0.1, 0.15) is 22.0 Å². The Kier molecular flexibility index (Phi) is 7.02. The van der Waals surface area contributed by atoms with E-state index in [2.05, 4.69) is 34.2 Å². The van der Waals surface area contributed by atoms with Gasteiger partial charge in [0.25, 0.3) is 5.91 Å². The van der Waals surface area contributed by atoms with Gasteiger partial charge in [-0.25, -0.2) is 0 Å². The number of hydrogen-bond acceptors (Lipinski definition) is 3. The van der Waals surface area contributed by atoms with Crippen molar-refractivity contribution in [2.45, 2.75) is 13.0 Å². The normalized spacial score (nSPS) is 11.7. The lowest BCUT2D eigenvalue weighted by molar-refractivity contribution is -0.676. The van der Waals surface area contributed by atoms with E-state index in [4.69, 9.17) is 4.74 Å². The van der Waals surface area contributed by atoms with Crippen LogP contribution in [0, 0.1) is 6.92 Å². The third-order valence-electron chi connectivity index (χ3n) is 4.23. The van der Waals surface area contributed by atoms with Crippen molar-refractivity contribution >= 4 is 17.2 Å². The largest absolute Gasteiger partial charge is 0.492 e. The summed E-state index contributed by atoms with van der Waals surface area (Å²) < 4.78 is 5.67. The summed E-state index contributed by atoms with van der Waals surface area (Å²) in [6.45, 7) is 3.36. The summed E-state index contributed by atoms with van der Waals surface area (Å²) in [5.41, 5.74) is 2.36. The number of carbonyl (C=O) groups excluding carboxylic acids is 1. The van der Waals surface area contributed by atoms with Crippen molar-refractivity contribution in [2.75, 3.05) is 19.7 Å². The van der Waals surface area contributed by atoms with Crippen LogP contribution >= 0.6 is 11.3 Å². The zero-order valence-corrected chi connectivity index (χ0v) is 16.2. The van der Waals surface area contributed by atoms with E-state index in [0.717, 1.165) is 11.3 Å². The smallest absolute Gasteiger partial charge is 0.275 e. The van der Waals surface area contributed by atoms with E-state index in [0.29, 0.717) is 19.7 Å². The van der Waals surface area contributed by atoms with Gasteiger partial charge in [-0.15, -0.1) is 11.3 Å². The van der Waals surface area contributed by atoms with Gasteiger partial charge in [0, 0.05) is 5.56 Å². The standard InChI is InChI=1S/C22H24N2O2S/c1-17-7-5-10-19(15-17)26-13-12-23-21(25)16-24-22(20-11-6-14-27-20)18-8-3-2-4-9-18/h2-11,14-15,22,24H,12-13,16H2,1H3,(H,23,25)/p+1/t22-/m1/s1. The molecule has 5 heteroatoms. The van der Waals surface area contributed by atoms with Gasteiger partial charge in [0.05, 0.1) is 11.4 Å². The molecule has 0 aliphatic carbocycles. The summed E-state index contributed by atoms with van der Waals surface area (Å²) in [6, 6.07) is 22.5. The summed E-state index contributed by atoms with van der Waals surface area (Å²) in [4.78, 5) is 13.5. The van der Waals surface area contributed by atoms with E-state index in [1.165, 1.54) is 10.4 Å². The Morgan fingerprint density at radius 1 is 1.11 bits per heavy atom. The first-order valence-corrected chi connectivity index (χ1v) is 9.98. The molecule has 0 aliphatic heterocycles. The van der Waals surface area contributed by atoms with E-state index in [-0.39, 0.29) is 11.9 Å². The number of ether oxygens (including phenoxy) is 1. The van der Waals surface area contributed by atoms with Gasteiger partial charge in [-0.05, 0) is 36.1 Å². The molecular weight excluding hydrogens is 356 g/mol. The Balaban J connectivity index is 1.45. The second-order valence-electron chi connectivity index (χ2n) is 6.36. The van der Waals surface area contributed by atoms with Gasteiger partial charge in [0.1, 0.15) is 18.4 Å². The number of thiophene rings is 1. The van der Waals surface area contributed by atoms with E-state index < -0.39 is 0 Å². The first-order chi connectivity index (χ1) is 13.2. The van der Waals surface area contributed by atoms with Gasteiger partial charge >= 0.3 is 0 Å². The van der Waals surface area contributed by atoms with Crippen LogP contribution in [0.15, 0.2) is 72.1 Å². The van der Waals surface area contributed by atoms with Gasteiger partial charge in [0.2, 0.25) is 0 Å². The molecule has 0 unspecified atom stereocenters. The number of aryl methyl sites for hydroxylation is 1. The van der Waals surface area contributed by atoms with Crippen LogP contribution in [-0.2, 0) is 4.79 Å². The van der Waals surface area contributed by atoms with Crippen molar-refractivity contribution in [3.05, 3.63) is 88.1 Å². The second kappa shape index (κ2) is 9.90. The molecule has 0 bridgehead atoms. The fourth-order valence-corrected chi connectivity index (χ4v) is 3.76. The minimum Gasteiger partial charge on any atom is -0.492 e. The second-order valence-corrected chi connectivity index (χ2v) is 7.34. The van der Waals surface area contributed by atoms with E-state index in [1.807, 2.05) is 55.5 Å². The molecule has 27 heavy (non-hydrogen) atoms. The molecular formula is C22H25N2O2S+. The zero-order chi connectivity index (χ0) is 18.9. The van der Waals surface area contributed by atoms with E-state index in [1.54, 1.807) is 11.3 Å². The van der Waals surface area contributed by atoms with Crippen molar-refractivity contribution in [3.8, 4) is 5.75 Å². The van der Waals surface area contributed by atoms with Crippen molar-refractivity contribution in [1.29, 1.82) is 0 Å². The molecule has 1 atom stereocenters. The fourth-order valence-electron chi connectivity index (χ4n) is 2.91. The molecule has 4 nitrogen and oxygen atoms in total. The van der Waals surface area contributed by atoms with Crippen molar-refractivity contribution < 1.29 is 14.8 Å². The molecule has 0 saturated carbocycles. The summed E-state index contributed by atoms with van der Waals surface area (Å²) in [5, 5.41) is 7.08. The number of benzene rings is 2. The molecule has 0 spiro atoms. The molecule has 3 rings (SSSR count). The number of hydrogen-bond donors (Lipinski definition) is 2. The maximum atomic E-state index is 12.2. The minimum absolute atomic E-state index is 0.0142. The molecule has 140 valence electrons. The number of nitrogens with one attached hydrogen (secondary N) is 1. The maximum absolute atomic E-state index is 12.2. The molecule has 3 aromatic rings. The number of amides is 1. The Morgan fingerprint density at radius 2 is 1.96 bits per heavy atom. The number of carbonyl (C=O) groups is 1. The SMILES string of the molecule is Cc1cccc(OCCNC(=O)C[NH2+][C@H](c2ccccc2)c2cccs2)c1. The number of rotatable bonds is 9. The summed E-state index contributed by atoms with van der Waals surface area (Å²) >= 11 is 1.71. The third kappa shape index (κ3) is 5.94. The van der Waals surface area contributed by atoms with Crippen LogP contribution in [0.4, 0.5) is 0 Å². The summed E-state index contributed by atoms with van der Waals surface area (Å²) in [6.07, 6.45) is 0. The Hall–Kier alpha value is -2.63. The van der Waals surface area contributed by atoms with Crippen LogP contribution in [0.25, 0.3) is 0 Å². The minimum atomic E-state index is 0.0142. The van der Waals surface area contributed by atoms with Crippen molar-refractivity contribution in [1.82, 2.24) is 5.32 Å². The number of nitrogens with two attached hydrogens (primary N) is 1. The zero-order valence-electron chi connectivity index (χ0n) is 15.4. The van der Waals surface area contributed by atoms with Crippen LogP contribution in [0.3, 0.4) is 0 Å². The lowest BCUT2D eigenvalue weighted by Crippen LogP contribution is -2.87. The molecule has 0 aliphatic rings. The lowest BCUT2D eigenvalue weighted by atomic mass is 10.1. The Labute approximate surface area is 164 Å². The number of quaternary nitrogens is 1. The van der Waals surface area contributed by atoms with Crippen molar-refractivity contribution in [2.24, 2.45) is 0 Å². The average Bonchev–Trinajstić information content (AvgIpc) is 3.21. The molecule has 2 aromatic carbocycles. The highest BCUT2D eigenvalue weighted by molar-refractivity contribution is 7.10. The lowest BCUT2D eigenvalue weighted by Gasteiger charge is -2.15. The quantitative estimate of drug-likeness (QED) is 0.560. The highest BCUT2D eigenvalue weighted by Gasteiger charge is 2.19. The molecule has 0 radical (unpaired) electrons. The predicted octanol–water partition coefficient (Wildman–Crippen LogP) is 2.90. The molecule has 3 N–H and O–H groups in total. The first kappa shape index (κ1) is 19.1. The highest BCUT2D eigenvalue weighted by atomic mass is 32.1. The van der Waals surface area contributed by atoms with Gasteiger partial charge in [0.15, 0.2) is 6.54 Å². The fraction of sp³-hybridized carbons (Fsp3) is 0.227. The monoisotopic (exact) mass is 381 g/mol. The average molecular weight is 382 g/mol. The van der Waals surface area contributed by atoms with E-state index in [9.17, 15) is 4.79 Å². The van der Waals surface area contributed by atoms with Crippen molar-refractivity contribution in [3.63, 3.8) is 0 Å². The maximum Gasteiger partial charge on any atom is 0.275 e.